The number of hydrogen-bond acceptors (Lipinski definition) is 3. The molecule has 16 heavy (non-hydrogen) atoms. The first-order valence-corrected chi connectivity index (χ1v) is 6.36. The second kappa shape index (κ2) is 17.9. The molecule has 0 aromatic heterocycles. The van der Waals surface area contributed by atoms with Crippen LogP contribution in [0, 0.1) is 6.54 Å². The van der Waals surface area contributed by atoms with E-state index in [4.69, 9.17) is 11.5 Å². The topological polar surface area (TPSA) is 64.1 Å². The number of rotatable bonds is 12. The van der Waals surface area contributed by atoms with Gasteiger partial charge in [-0.2, -0.15) is 6.42 Å². The SMILES string of the molecule is N[CH-]CCNCCCCCCCCCN.[Li+]. The van der Waals surface area contributed by atoms with Gasteiger partial charge in [0, 0.05) is 0 Å². The van der Waals surface area contributed by atoms with E-state index in [2.05, 4.69) is 5.32 Å². The summed E-state index contributed by atoms with van der Waals surface area (Å²) in [5, 5.41) is 3.37. The van der Waals surface area contributed by atoms with Crippen molar-refractivity contribution in [2.24, 2.45) is 11.5 Å². The van der Waals surface area contributed by atoms with Crippen molar-refractivity contribution in [1.29, 1.82) is 0 Å². The third kappa shape index (κ3) is 16.9. The summed E-state index contributed by atoms with van der Waals surface area (Å²) in [5.74, 6) is 0. The van der Waals surface area contributed by atoms with Crippen molar-refractivity contribution in [3.63, 3.8) is 0 Å². The zero-order chi connectivity index (χ0) is 11.2. The van der Waals surface area contributed by atoms with E-state index in [1.54, 1.807) is 6.54 Å². The van der Waals surface area contributed by atoms with E-state index in [1.807, 2.05) is 0 Å². The van der Waals surface area contributed by atoms with Gasteiger partial charge < -0.3 is 16.8 Å². The molecule has 0 aliphatic rings. The average molecular weight is 221 g/mol. The molecule has 0 heterocycles. The van der Waals surface area contributed by atoms with Crippen molar-refractivity contribution < 1.29 is 18.9 Å². The van der Waals surface area contributed by atoms with Gasteiger partial charge in [0.15, 0.2) is 0 Å². The minimum Gasteiger partial charge on any atom is -0.483 e. The molecule has 0 aliphatic carbocycles. The minimum absolute atomic E-state index is 0. The molecule has 4 heteroatoms. The molecule has 0 atom stereocenters. The van der Waals surface area contributed by atoms with Crippen LogP contribution in [0.5, 0.6) is 0 Å². The molecule has 0 aromatic carbocycles. The van der Waals surface area contributed by atoms with E-state index >= 15 is 0 Å². The zero-order valence-corrected chi connectivity index (χ0v) is 11.0. The maximum Gasteiger partial charge on any atom is 1.00 e. The summed E-state index contributed by atoms with van der Waals surface area (Å²) < 4.78 is 0. The molecule has 0 fully saturated rings. The largest absolute Gasteiger partial charge is 1.00 e. The van der Waals surface area contributed by atoms with Crippen molar-refractivity contribution in [1.82, 2.24) is 5.32 Å². The van der Waals surface area contributed by atoms with Crippen LogP contribution in [0.25, 0.3) is 0 Å². The molecule has 0 bridgehead atoms. The van der Waals surface area contributed by atoms with Crippen molar-refractivity contribution in [3.05, 3.63) is 6.54 Å². The van der Waals surface area contributed by atoms with Gasteiger partial charge in [-0.3, -0.25) is 6.54 Å². The first-order valence-electron chi connectivity index (χ1n) is 6.36. The van der Waals surface area contributed by atoms with Gasteiger partial charge in [-0.25, -0.2) is 0 Å². The van der Waals surface area contributed by atoms with E-state index in [0.29, 0.717) is 0 Å². The smallest absolute Gasteiger partial charge is 0.483 e. The van der Waals surface area contributed by atoms with Crippen LogP contribution in [0.1, 0.15) is 51.4 Å². The molecule has 0 radical (unpaired) electrons. The van der Waals surface area contributed by atoms with E-state index in [-0.39, 0.29) is 18.9 Å². The Bertz CT molecular complexity index is 100. The first-order chi connectivity index (χ1) is 7.41. The van der Waals surface area contributed by atoms with Crippen molar-refractivity contribution in [3.8, 4) is 0 Å². The second-order valence-electron chi connectivity index (χ2n) is 4.04. The molecular formula is C12H28LiN3. The fourth-order valence-corrected chi connectivity index (χ4v) is 1.59. The van der Waals surface area contributed by atoms with Crippen molar-refractivity contribution in [2.75, 3.05) is 19.6 Å². The van der Waals surface area contributed by atoms with E-state index < -0.39 is 0 Å². The van der Waals surface area contributed by atoms with E-state index in [0.717, 1.165) is 26.1 Å². The van der Waals surface area contributed by atoms with Crippen LogP contribution in [-0.4, -0.2) is 19.6 Å². The second-order valence-corrected chi connectivity index (χ2v) is 4.04. The monoisotopic (exact) mass is 221 g/mol. The maximum atomic E-state index is 5.43. The molecular weight excluding hydrogens is 193 g/mol. The van der Waals surface area contributed by atoms with Crippen LogP contribution in [0.4, 0.5) is 0 Å². The quantitative estimate of drug-likeness (QED) is 0.220. The molecule has 0 saturated heterocycles. The third-order valence-electron chi connectivity index (χ3n) is 2.55. The average Bonchev–Trinajstić information content (AvgIpc) is 2.26. The number of nitrogens with two attached hydrogens (primary N) is 2. The van der Waals surface area contributed by atoms with Gasteiger partial charge in [-0.05, 0) is 32.5 Å². The fraction of sp³-hybridized carbons (Fsp3) is 0.917. The van der Waals surface area contributed by atoms with Crippen LogP contribution in [0.15, 0.2) is 0 Å². The number of hydrogen-bond donors (Lipinski definition) is 3. The molecule has 0 aliphatic heterocycles. The third-order valence-corrected chi connectivity index (χ3v) is 2.55. The Balaban J connectivity index is 0. The van der Waals surface area contributed by atoms with Crippen LogP contribution < -0.4 is 35.6 Å². The van der Waals surface area contributed by atoms with Gasteiger partial charge in [-0.15, -0.1) is 0 Å². The fourth-order valence-electron chi connectivity index (χ4n) is 1.59. The van der Waals surface area contributed by atoms with Gasteiger partial charge >= 0.3 is 18.9 Å². The number of unbranched alkanes of at least 4 members (excludes halogenated alkanes) is 6. The van der Waals surface area contributed by atoms with E-state index in [1.165, 1.54) is 44.9 Å². The maximum absolute atomic E-state index is 5.43. The molecule has 0 spiro atoms. The number of nitrogens with one attached hydrogen (secondary N) is 1. The zero-order valence-electron chi connectivity index (χ0n) is 11.0. The summed E-state index contributed by atoms with van der Waals surface area (Å²) in [4.78, 5) is 0. The van der Waals surface area contributed by atoms with Crippen LogP contribution in [0.3, 0.4) is 0 Å². The Morgan fingerprint density at radius 2 is 1.38 bits per heavy atom. The molecule has 92 valence electrons. The predicted octanol–water partition coefficient (Wildman–Crippen LogP) is -1.22. The summed E-state index contributed by atoms with van der Waals surface area (Å²) in [5.41, 5.74) is 10.7. The summed E-state index contributed by atoms with van der Waals surface area (Å²) >= 11 is 0. The minimum atomic E-state index is 0. The Morgan fingerprint density at radius 1 is 0.812 bits per heavy atom. The summed E-state index contributed by atoms with van der Waals surface area (Å²) in [6.07, 6.45) is 10.2. The summed E-state index contributed by atoms with van der Waals surface area (Å²) in [7, 11) is 0. The van der Waals surface area contributed by atoms with Crippen molar-refractivity contribution in [2.45, 2.75) is 51.4 Å². The molecule has 0 unspecified atom stereocenters. The first kappa shape index (κ1) is 18.8. The molecule has 3 nitrogen and oxygen atoms in total. The van der Waals surface area contributed by atoms with Crippen LogP contribution in [0.2, 0.25) is 0 Å². The molecule has 0 saturated carbocycles. The Kier molecular flexibility index (Phi) is 21.0. The van der Waals surface area contributed by atoms with Crippen LogP contribution in [-0.2, 0) is 0 Å². The standard InChI is InChI=1S/C12H28N3.Li/c13-9-6-4-2-1-3-5-7-11-15-12-8-10-14;/h10,15H,1-9,11-14H2;/q-1;+1. The van der Waals surface area contributed by atoms with Gasteiger partial charge in [-0.1, -0.05) is 32.1 Å². The van der Waals surface area contributed by atoms with Crippen LogP contribution >= 0.6 is 0 Å². The molecule has 0 aromatic rings. The summed E-state index contributed by atoms with van der Waals surface area (Å²) in [6.45, 7) is 4.72. The van der Waals surface area contributed by atoms with Gasteiger partial charge in [0.1, 0.15) is 0 Å². The van der Waals surface area contributed by atoms with Gasteiger partial charge in [0.05, 0.1) is 0 Å². The van der Waals surface area contributed by atoms with Gasteiger partial charge in [0.25, 0.3) is 0 Å². The molecule has 0 rings (SSSR count). The van der Waals surface area contributed by atoms with E-state index in [9.17, 15) is 0 Å². The Morgan fingerprint density at radius 3 is 1.94 bits per heavy atom. The molecule has 5 N–H and O–H groups in total. The summed E-state index contributed by atoms with van der Waals surface area (Å²) in [6, 6.07) is 0. The Labute approximate surface area is 113 Å². The van der Waals surface area contributed by atoms with Gasteiger partial charge in [0.2, 0.25) is 0 Å². The normalized spacial score (nSPS) is 10.1. The van der Waals surface area contributed by atoms with Crippen molar-refractivity contribution >= 4 is 0 Å². The molecule has 0 amide bonds. The Hall–Kier alpha value is 0.477. The predicted molar refractivity (Wildman–Crippen MR) is 67.3 cm³/mol.